The van der Waals surface area contributed by atoms with Crippen molar-refractivity contribution in [2.75, 3.05) is 0 Å². The lowest BCUT2D eigenvalue weighted by molar-refractivity contribution is 1.01. The van der Waals surface area contributed by atoms with Crippen LogP contribution in [0.4, 0.5) is 0 Å². The molecule has 0 N–H and O–H groups in total. The summed E-state index contributed by atoms with van der Waals surface area (Å²) >= 11 is 0. The standard InChI is InChI=1S/C41H27N3/c1-2-10-30(11-3-1)41-43-39(26-40(44-41)33-14-8-13-31(24-33)34-15-9-23-42-27-34)29-21-19-28(20-22-29)38-25-32-12-4-5-16-35(32)36-17-6-7-18-37(36)38/h1-2,4-10,12-19,21,23-27H,3,11H2. The van der Waals surface area contributed by atoms with E-state index < -0.39 is 0 Å². The Labute approximate surface area is 256 Å². The van der Waals surface area contributed by atoms with Crippen molar-refractivity contribution in [3.05, 3.63) is 158 Å². The number of benzene rings is 4. The first-order valence-electron chi connectivity index (χ1n) is 14.9. The minimum Gasteiger partial charge on any atom is -0.264 e. The lowest BCUT2D eigenvalue weighted by Crippen LogP contribution is -2.00. The van der Waals surface area contributed by atoms with Crippen LogP contribution in [-0.4, -0.2) is 15.0 Å². The highest BCUT2D eigenvalue weighted by Crippen LogP contribution is 2.35. The van der Waals surface area contributed by atoms with Gasteiger partial charge in [-0.3, -0.25) is 4.98 Å². The fourth-order valence-corrected chi connectivity index (χ4v) is 6.03. The third-order valence-corrected chi connectivity index (χ3v) is 8.26. The molecule has 0 spiro atoms. The normalized spacial score (nSPS) is 12.7. The molecule has 2 heterocycles. The molecule has 0 saturated heterocycles. The van der Waals surface area contributed by atoms with Crippen LogP contribution in [-0.2, 0) is 0 Å². The third-order valence-electron chi connectivity index (χ3n) is 8.26. The maximum Gasteiger partial charge on any atom is 0.156 e. The molecule has 5 aromatic carbocycles. The van der Waals surface area contributed by atoms with E-state index in [1.807, 2.05) is 12.3 Å². The van der Waals surface area contributed by atoms with Crippen LogP contribution < -0.4 is 0 Å². The average Bonchev–Trinajstić information content (AvgIpc) is 3.12. The Morgan fingerprint density at radius 3 is 2.18 bits per heavy atom. The second kappa shape index (κ2) is 11.1. The predicted molar refractivity (Wildman–Crippen MR) is 181 cm³/mol. The fourth-order valence-electron chi connectivity index (χ4n) is 6.03. The van der Waals surface area contributed by atoms with Gasteiger partial charge in [0.2, 0.25) is 0 Å². The van der Waals surface area contributed by atoms with Crippen LogP contribution in [0.2, 0.25) is 0 Å². The number of hydrogen-bond acceptors (Lipinski definition) is 3. The van der Waals surface area contributed by atoms with Crippen LogP contribution in [0.3, 0.4) is 0 Å². The molecule has 7 aromatic rings. The molecule has 1 aliphatic carbocycles. The molecule has 0 saturated carbocycles. The number of hydrogen-bond donors (Lipinski definition) is 0. The first kappa shape index (κ1) is 25.8. The van der Waals surface area contributed by atoms with E-state index in [1.165, 1.54) is 21.5 Å². The van der Waals surface area contributed by atoms with Gasteiger partial charge in [0.25, 0.3) is 0 Å². The summed E-state index contributed by atoms with van der Waals surface area (Å²) in [5.74, 6) is 0.756. The Morgan fingerprint density at radius 1 is 0.591 bits per heavy atom. The maximum atomic E-state index is 5.06. The summed E-state index contributed by atoms with van der Waals surface area (Å²) in [6.07, 6.45) is 12.0. The molecule has 0 amide bonds. The number of nitrogens with zero attached hydrogens (tertiary/aromatic N) is 3. The number of allylic oxidation sites excluding steroid dienone is 4. The number of fused-ring (bicyclic) bond motifs is 3. The third kappa shape index (κ3) is 4.83. The zero-order valence-electron chi connectivity index (χ0n) is 24.0. The van der Waals surface area contributed by atoms with Gasteiger partial charge in [0, 0.05) is 29.1 Å². The summed E-state index contributed by atoms with van der Waals surface area (Å²) < 4.78 is 0. The summed E-state index contributed by atoms with van der Waals surface area (Å²) in [6.45, 7) is 0. The van der Waals surface area contributed by atoms with E-state index in [4.69, 9.17) is 9.97 Å². The van der Waals surface area contributed by atoms with E-state index in [0.717, 1.165) is 69.0 Å². The van der Waals surface area contributed by atoms with Crippen molar-refractivity contribution in [3.8, 4) is 44.8 Å². The Kier molecular flexibility index (Phi) is 6.51. The van der Waals surface area contributed by atoms with E-state index >= 15 is 0 Å². The van der Waals surface area contributed by atoms with Crippen LogP contribution in [0.25, 0.3) is 71.9 Å². The van der Waals surface area contributed by atoms with Crippen LogP contribution in [0, 0.1) is 12.1 Å². The van der Waals surface area contributed by atoms with E-state index in [-0.39, 0.29) is 0 Å². The molecule has 0 fully saturated rings. The Morgan fingerprint density at radius 2 is 1.36 bits per heavy atom. The molecule has 0 unspecified atom stereocenters. The van der Waals surface area contributed by atoms with Crippen LogP contribution in [0.15, 0.2) is 140 Å². The number of rotatable bonds is 5. The van der Waals surface area contributed by atoms with Gasteiger partial charge in [0.15, 0.2) is 5.82 Å². The van der Waals surface area contributed by atoms with Gasteiger partial charge in [-0.25, -0.2) is 9.97 Å². The molecular formula is C41H27N3. The Bertz CT molecular complexity index is 2210. The van der Waals surface area contributed by atoms with Crippen molar-refractivity contribution in [1.29, 1.82) is 0 Å². The van der Waals surface area contributed by atoms with Crippen LogP contribution >= 0.6 is 0 Å². The van der Waals surface area contributed by atoms with Gasteiger partial charge in [-0.2, -0.15) is 0 Å². The van der Waals surface area contributed by atoms with Crippen molar-refractivity contribution in [2.45, 2.75) is 12.8 Å². The summed E-state index contributed by atoms with van der Waals surface area (Å²) in [6, 6.07) is 45.1. The monoisotopic (exact) mass is 561 g/mol. The van der Waals surface area contributed by atoms with Crippen molar-refractivity contribution >= 4 is 27.1 Å². The summed E-state index contributed by atoms with van der Waals surface area (Å²) in [5.41, 5.74) is 9.11. The maximum absolute atomic E-state index is 5.06. The van der Waals surface area contributed by atoms with Crippen LogP contribution in [0.1, 0.15) is 18.7 Å². The minimum absolute atomic E-state index is 0.756. The smallest absolute Gasteiger partial charge is 0.156 e. The number of pyridine rings is 1. The van der Waals surface area contributed by atoms with E-state index in [9.17, 15) is 0 Å². The second-order valence-corrected chi connectivity index (χ2v) is 11.0. The Hall–Kier alpha value is -5.85. The van der Waals surface area contributed by atoms with Gasteiger partial charge >= 0.3 is 0 Å². The molecular weight excluding hydrogens is 534 g/mol. The van der Waals surface area contributed by atoms with Crippen LogP contribution in [0.5, 0.6) is 0 Å². The molecule has 2 aromatic heterocycles. The van der Waals surface area contributed by atoms with Gasteiger partial charge in [-0.1, -0.05) is 103 Å². The fraction of sp³-hybridized carbons (Fsp3) is 0.0488. The lowest BCUT2D eigenvalue weighted by Gasteiger charge is -2.13. The summed E-state index contributed by atoms with van der Waals surface area (Å²) in [7, 11) is 0. The molecule has 0 atom stereocenters. The first-order valence-corrected chi connectivity index (χ1v) is 14.9. The molecule has 8 rings (SSSR count). The minimum atomic E-state index is 0.756. The highest BCUT2D eigenvalue weighted by Gasteiger charge is 2.14. The zero-order chi connectivity index (χ0) is 29.3. The van der Waals surface area contributed by atoms with E-state index in [1.54, 1.807) is 6.20 Å². The summed E-state index contributed by atoms with van der Waals surface area (Å²) in [4.78, 5) is 14.4. The molecule has 0 bridgehead atoms. The highest BCUT2D eigenvalue weighted by molar-refractivity contribution is 6.13. The summed E-state index contributed by atoms with van der Waals surface area (Å²) in [5, 5.41) is 4.92. The zero-order valence-corrected chi connectivity index (χ0v) is 24.0. The highest BCUT2D eigenvalue weighted by atomic mass is 14.9. The van der Waals surface area contributed by atoms with Crippen molar-refractivity contribution in [1.82, 2.24) is 15.0 Å². The molecule has 0 aliphatic heterocycles. The largest absolute Gasteiger partial charge is 0.264 e. The second-order valence-electron chi connectivity index (χ2n) is 11.0. The number of aromatic nitrogens is 3. The van der Waals surface area contributed by atoms with Gasteiger partial charge in [0.05, 0.1) is 17.0 Å². The topological polar surface area (TPSA) is 38.7 Å². The molecule has 3 heteroatoms. The molecule has 1 aliphatic rings. The van der Waals surface area contributed by atoms with Gasteiger partial charge in [0.1, 0.15) is 0 Å². The first-order chi connectivity index (χ1) is 21.8. The van der Waals surface area contributed by atoms with E-state index in [0.29, 0.717) is 0 Å². The molecule has 0 radical (unpaired) electrons. The molecule has 44 heavy (non-hydrogen) atoms. The predicted octanol–water partition coefficient (Wildman–Crippen LogP) is 10.2. The van der Waals surface area contributed by atoms with Gasteiger partial charge in [-0.15, -0.1) is 0 Å². The molecule has 206 valence electrons. The van der Waals surface area contributed by atoms with Crippen molar-refractivity contribution in [2.24, 2.45) is 0 Å². The average molecular weight is 562 g/mol. The van der Waals surface area contributed by atoms with Gasteiger partial charge in [-0.05, 0) is 87.5 Å². The SMILES string of the molecule is c1c(-c2cc(-c3cccc(-c4cccnc4)c3)nc(C3=CC=CCC3)n2)ccc(-c2cc3ccccc3c3ccccc23)c#1. The molecule has 3 nitrogen and oxygen atoms in total. The van der Waals surface area contributed by atoms with Crippen molar-refractivity contribution < 1.29 is 0 Å². The van der Waals surface area contributed by atoms with E-state index in [2.05, 4.69) is 138 Å². The Balaban J connectivity index is 1.23. The quantitative estimate of drug-likeness (QED) is 0.196. The van der Waals surface area contributed by atoms with Gasteiger partial charge < -0.3 is 0 Å². The van der Waals surface area contributed by atoms with Crippen molar-refractivity contribution in [3.63, 3.8) is 0 Å². The lowest BCUT2D eigenvalue weighted by atomic mass is 9.93.